The van der Waals surface area contributed by atoms with E-state index in [0.717, 1.165) is 45.6 Å². The lowest BCUT2D eigenvalue weighted by Crippen LogP contribution is -2.58. The summed E-state index contributed by atoms with van der Waals surface area (Å²) in [6.07, 6.45) is 3.20. The smallest absolute Gasteiger partial charge is 0.217 e. The van der Waals surface area contributed by atoms with Crippen molar-refractivity contribution in [3.8, 4) is 0 Å². The summed E-state index contributed by atoms with van der Waals surface area (Å²) in [4.78, 5) is 2.36. The van der Waals surface area contributed by atoms with Gasteiger partial charge >= 0.3 is 0 Å². The molecule has 0 bridgehead atoms. The first-order chi connectivity index (χ1) is 13.9. The van der Waals surface area contributed by atoms with E-state index in [2.05, 4.69) is 48.0 Å². The van der Waals surface area contributed by atoms with Gasteiger partial charge in [-0.2, -0.15) is 0 Å². The van der Waals surface area contributed by atoms with Crippen LogP contribution in [0.25, 0.3) is 0 Å². The molecule has 6 unspecified atom stereocenters. The lowest BCUT2D eigenvalue weighted by Gasteiger charge is -2.39. The molecule has 4 saturated heterocycles. The maximum atomic E-state index is 13.2. The average molecular weight is 429 g/mol. The Morgan fingerprint density at radius 2 is 1.72 bits per heavy atom. The number of likely N-dealkylation sites (N-methyl/N-ethyl adjacent to an activating group) is 2. The van der Waals surface area contributed by atoms with Gasteiger partial charge in [-0.15, -0.1) is 0 Å². The minimum atomic E-state index is -3.38. The predicted octanol–water partition coefficient (Wildman–Crippen LogP) is -2.42. The van der Waals surface area contributed by atoms with Gasteiger partial charge in [0.25, 0.3) is 0 Å². The summed E-state index contributed by atoms with van der Waals surface area (Å²) in [5, 5.41) is 6.22. The number of rotatable bonds is 4. The van der Waals surface area contributed by atoms with Crippen LogP contribution >= 0.6 is 0 Å². The maximum absolute atomic E-state index is 13.2. The van der Waals surface area contributed by atoms with Gasteiger partial charge in [-0.1, -0.05) is 6.42 Å². The van der Waals surface area contributed by atoms with Crippen molar-refractivity contribution in [2.24, 2.45) is 5.92 Å². The summed E-state index contributed by atoms with van der Waals surface area (Å²) >= 11 is 0. The molecule has 5 rings (SSSR count). The van der Waals surface area contributed by atoms with Crippen LogP contribution in [0.2, 0.25) is 0 Å². The Morgan fingerprint density at radius 3 is 2.59 bits per heavy atom. The topological polar surface area (TPSA) is 95.2 Å². The van der Waals surface area contributed by atoms with E-state index in [1.807, 2.05) is 7.05 Å². The van der Waals surface area contributed by atoms with Crippen LogP contribution in [0.3, 0.4) is 0 Å². The molecule has 5 aliphatic rings. The van der Waals surface area contributed by atoms with Gasteiger partial charge in [0.05, 0.1) is 12.1 Å². The number of nitrogens with one attached hydrogen (secondary N) is 4. The standard InChI is InChI=1S/C18H36N8O2S/c1-23-6-7-25-17(12-23)16(10-21-25)26-11-14(9-20-26)29(27,28)22-15-5-3-4-13-8-19-24(2)18(13)15/h13-22H,3-12H2,1-2H3. The maximum Gasteiger partial charge on any atom is 0.217 e. The Morgan fingerprint density at radius 1 is 0.897 bits per heavy atom. The zero-order valence-electron chi connectivity index (χ0n) is 17.5. The van der Waals surface area contributed by atoms with Gasteiger partial charge in [-0.3, -0.25) is 16.3 Å². The molecule has 10 nitrogen and oxygen atoms in total. The molecule has 0 aromatic rings. The molecule has 4 heterocycles. The molecule has 0 aromatic heterocycles. The summed E-state index contributed by atoms with van der Waals surface area (Å²) in [7, 11) is 0.821. The van der Waals surface area contributed by atoms with E-state index in [9.17, 15) is 8.42 Å². The monoisotopic (exact) mass is 428 g/mol. The first-order valence-electron chi connectivity index (χ1n) is 11.1. The quantitative estimate of drug-likeness (QED) is 0.390. The SMILES string of the molecule is CN1CCN2NCC(N3CC(S(=O)(=O)NC4CCCC5CNN(C)C54)CN3)C2C1. The van der Waals surface area contributed by atoms with Gasteiger partial charge in [-0.25, -0.2) is 28.2 Å². The molecule has 0 spiro atoms. The van der Waals surface area contributed by atoms with Crippen LogP contribution in [-0.2, 0) is 10.0 Å². The van der Waals surface area contributed by atoms with Gasteiger partial charge in [0, 0.05) is 64.9 Å². The Balaban J connectivity index is 1.22. The number of sulfonamides is 1. The minimum absolute atomic E-state index is 0.00318. The van der Waals surface area contributed by atoms with Crippen LogP contribution in [-0.4, -0.2) is 118 Å². The van der Waals surface area contributed by atoms with Crippen molar-refractivity contribution < 1.29 is 8.42 Å². The summed E-state index contributed by atoms with van der Waals surface area (Å²) in [5.74, 6) is 0.540. The van der Waals surface area contributed by atoms with Crippen molar-refractivity contribution in [2.45, 2.75) is 48.7 Å². The van der Waals surface area contributed by atoms with Crippen molar-refractivity contribution in [3.05, 3.63) is 0 Å². The number of fused-ring (bicyclic) bond motifs is 2. The number of hydrogen-bond acceptors (Lipinski definition) is 9. The van der Waals surface area contributed by atoms with Crippen LogP contribution in [0.1, 0.15) is 19.3 Å². The Labute approximate surface area is 174 Å². The van der Waals surface area contributed by atoms with Crippen molar-refractivity contribution in [2.75, 3.05) is 59.9 Å². The predicted molar refractivity (Wildman–Crippen MR) is 111 cm³/mol. The van der Waals surface area contributed by atoms with E-state index in [4.69, 9.17) is 0 Å². The van der Waals surface area contributed by atoms with Crippen molar-refractivity contribution >= 4 is 10.0 Å². The molecular weight excluding hydrogens is 392 g/mol. The molecule has 0 amide bonds. The van der Waals surface area contributed by atoms with E-state index in [-0.39, 0.29) is 12.1 Å². The second kappa shape index (κ2) is 7.95. The molecule has 0 aromatic carbocycles. The zero-order valence-corrected chi connectivity index (χ0v) is 18.4. The summed E-state index contributed by atoms with van der Waals surface area (Å²) in [6, 6.07) is 0.952. The molecule has 6 atom stereocenters. The Kier molecular flexibility index (Phi) is 5.63. The van der Waals surface area contributed by atoms with Gasteiger partial charge in [0.2, 0.25) is 10.0 Å². The number of hydrazine groups is 3. The fourth-order valence-corrected chi connectivity index (χ4v) is 7.58. The molecule has 5 fully saturated rings. The van der Waals surface area contributed by atoms with E-state index in [0.29, 0.717) is 31.1 Å². The normalized spacial score (nSPS) is 43.0. The summed E-state index contributed by atoms with van der Waals surface area (Å²) < 4.78 is 29.6. The lowest BCUT2D eigenvalue weighted by molar-refractivity contribution is 0.0513. The van der Waals surface area contributed by atoms with E-state index in [1.165, 1.54) is 6.42 Å². The highest BCUT2D eigenvalue weighted by Gasteiger charge is 2.47. The molecule has 29 heavy (non-hydrogen) atoms. The Hall–Kier alpha value is -0.370. The number of hydrogen-bond donors (Lipinski definition) is 4. The molecule has 1 aliphatic carbocycles. The molecule has 4 aliphatic heterocycles. The van der Waals surface area contributed by atoms with Crippen LogP contribution in [0.5, 0.6) is 0 Å². The Bertz CT molecular complexity index is 706. The fraction of sp³-hybridized carbons (Fsp3) is 1.00. The fourth-order valence-electron chi connectivity index (χ4n) is 6.05. The van der Waals surface area contributed by atoms with E-state index < -0.39 is 15.3 Å². The number of nitrogens with zero attached hydrogens (tertiary/aromatic N) is 4. The molecule has 166 valence electrons. The molecule has 4 N–H and O–H groups in total. The van der Waals surface area contributed by atoms with Crippen LogP contribution in [0, 0.1) is 5.92 Å². The van der Waals surface area contributed by atoms with Gasteiger partial charge in [0.1, 0.15) is 5.25 Å². The molecule has 0 radical (unpaired) electrons. The van der Waals surface area contributed by atoms with Crippen molar-refractivity contribution in [1.82, 2.24) is 40.9 Å². The number of piperazine rings is 1. The average Bonchev–Trinajstić information content (AvgIpc) is 3.40. The third kappa shape index (κ3) is 3.85. The summed E-state index contributed by atoms with van der Waals surface area (Å²) in [6.45, 7) is 5.95. The van der Waals surface area contributed by atoms with Crippen LogP contribution < -0.4 is 21.0 Å². The minimum Gasteiger partial charge on any atom is -0.303 e. The highest BCUT2D eigenvalue weighted by atomic mass is 32.2. The van der Waals surface area contributed by atoms with Gasteiger partial charge in [-0.05, 0) is 25.8 Å². The highest BCUT2D eigenvalue weighted by Crippen LogP contribution is 2.31. The first-order valence-corrected chi connectivity index (χ1v) is 12.6. The summed E-state index contributed by atoms with van der Waals surface area (Å²) in [5.41, 5.74) is 10.3. The lowest BCUT2D eigenvalue weighted by atomic mass is 9.82. The molecule has 1 saturated carbocycles. The van der Waals surface area contributed by atoms with Crippen molar-refractivity contribution in [3.63, 3.8) is 0 Å². The largest absolute Gasteiger partial charge is 0.303 e. The van der Waals surface area contributed by atoms with E-state index in [1.54, 1.807) is 0 Å². The van der Waals surface area contributed by atoms with Gasteiger partial charge < -0.3 is 4.90 Å². The van der Waals surface area contributed by atoms with Crippen molar-refractivity contribution in [1.29, 1.82) is 0 Å². The second-order valence-corrected chi connectivity index (χ2v) is 11.5. The molecule has 11 heteroatoms. The highest BCUT2D eigenvalue weighted by molar-refractivity contribution is 7.90. The molecular formula is C18H36N8O2S. The van der Waals surface area contributed by atoms with Crippen LogP contribution in [0.4, 0.5) is 0 Å². The van der Waals surface area contributed by atoms with E-state index >= 15 is 0 Å². The first kappa shape index (κ1) is 20.5. The second-order valence-electron chi connectivity index (χ2n) is 9.51. The van der Waals surface area contributed by atoms with Gasteiger partial charge in [0.15, 0.2) is 0 Å². The third-order valence-electron chi connectivity index (χ3n) is 7.68. The van der Waals surface area contributed by atoms with Crippen LogP contribution in [0.15, 0.2) is 0 Å². The third-order valence-corrected chi connectivity index (χ3v) is 9.51. The zero-order chi connectivity index (χ0) is 20.2.